The zero-order valence-electron chi connectivity index (χ0n) is 11.2. The standard InChI is InChI=1S/C11H11F6N5O/c12-10(13,14)4-23-7-2-1-5(11(15,16)17)3-6(7)21-9(20)22-8(18)19/h1-3H,4H2,(H6,18,19,20,21,22). The third-order valence-electron chi connectivity index (χ3n) is 2.16. The lowest BCUT2D eigenvalue weighted by molar-refractivity contribution is -0.153. The number of ether oxygens (including phenoxy) is 1. The molecule has 0 heterocycles. The van der Waals surface area contributed by atoms with Crippen LogP contribution in [-0.2, 0) is 6.18 Å². The maximum absolute atomic E-state index is 12.7. The van der Waals surface area contributed by atoms with E-state index in [1.807, 2.05) is 0 Å². The van der Waals surface area contributed by atoms with Crippen molar-refractivity contribution >= 4 is 17.6 Å². The minimum absolute atomic E-state index is 0.459. The maximum Gasteiger partial charge on any atom is 0.422 e. The van der Waals surface area contributed by atoms with E-state index < -0.39 is 47.9 Å². The number of aliphatic imine (C=N–C) groups is 2. The molecule has 1 rings (SSSR count). The number of hydrogen-bond acceptors (Lipinski definition) is 2. The Morgan fingerprint density at radius 2 is 1.65 bits per heavy atom. The highest BCUT2D eigenvalue weighted by molar-refractivity contribution is 5.93. The molecule has 0 aliphatic rings. The molecule has 0 fully saturated rings. The number of alkyl halides is 6. The molecule has 0 bridgehead atoms. The second-order valence-corrected chi connectivity index (χ2v) is 4.09. The molecule has 6 N–H and O–H groups in total. The van der Waals surface area contributed by atoms with Gasteiger partial charge in [0, 0.05) is 0 Å². The predicted molar refractivity (Wildman–Crippen MR) is 70.1 cm³/mol. The Morgan fingerprint density at radius 3 is 2.13 bits per heavy atom. The Morgan fingerprint density at radius 1 is 1.04 bits per heavy atom. The second-order valence-electron chi connectivity index (χ2n) is 4.09. The quantitative estimate of drug-likeness (QED) is 0.442. The Kier molecular flexibility index (Phi) is 5.30. The van der Waals surface area contributed by atoms with Crippen LogP contribution in [0.5, 0.6) is 5.75 Å². The van der Waals surface area contributed by atoms with Crippen molar-refractivity contribution in [3.8, 4) is 5.75 Å². The molecule has 23 heavy (non-hydrogen) atoms. The van der Waals surface area contributed by atoms with Crippen molar-refractivity contribution in [1.82, 2.24) is 0 Å². The summed E-state index contributed by atoms with van der Waals surface area (Å²) in [5.74, 6) is -1.75. The molecule has 0 aromatic heterocycles. The highest BCUT2D eigenvalue weighted by atomic mass is 19.4. The fourth-order valence-corrected chi connectivity index (χ4v) is 1.34. The average Bonchev–Trinajstić information content (AvgIpc) is 2.33. The highest BCUT2D eigenvalue weighted by Gasteiger charge is 2.32. The molecule has 0 radical (unpaired) electrons. The molecule has 0 aliphatic heterocycles. The fraction of sp³-hybridized carbons (Fsp3) is 0.273. The Balaban J connectivity index is 3.27. The molecule has 0 atom stereocenters. The molecule has 128 valence electrons. The van der Waals surface area contributed by atoms with Crippen molar-refractivity contribution in [2.45, 2.75) is 12.4 Å². The van der Waals surface area contributed by atoms with Crippen LogP contribution in [-0.4, -0.2) is 24.7 Å². The highest BCUT2D eigenvalue weighted by Crippen LogP contribution is 2.37. The van der Waals surface area contributed by atoms with Crippen LogP contribution in [0.3, 0.4) is 0 Å². The molecule has 1 aromatic carbocycles. The monoisotopic (exact) mass is 343 g/mol. The van der Waals surface area contributed by atoms with E-state index in [-0.39, 0.29) is 0 Å². The molecule has 0 aliphatic carbocycles. The number of benzene rings is 1. The molecule has 0 spiro atoms. The predicted octanol–water partition coefficient (Wildman–Crippen LogP) is 1.87. The van der Waals surface area contributed by atoms with Crippen LogP contribution in [0.1, 0.15) is 5.56 Å². The minimum Gasteiger partial charge on any atom is -0.482 e. The van der Waals surface area contributed by atoms with Crippen LogP contribution in [0.25, 0.3) is 0 Å². The first-order valence-electron chi connectivity index (χ1n) is 5.73. The van der Waals surface area contributed by atoms with E-state index in [0.717, 1.165) is 0 Å². The topological polar surface area (TPSA) is 112 Å². The third kappa shape index (κ3) is 6.32. The van der Waals surface area contributed by atoms with Crippen molar-refractivity contribution in [1.29, 1.82) is 0 Å². The van der Waals surface area contributed by atoms with Crippen LogP contribution in [0, 0.1) is 0 Å². The zero-order valence-corrected chi connectivity index (χ0v) is 11.2. The molecule has 0 amide bonds. The summed E-state index contributed by atoms with van der Waals surface area (Å²) >= 11 is 0. The number of guanidine groups is 2. The SMILES string of the molecule is NC(N)=NC(N)=Nc1cc(C(F)(F)F)ccc1OCC(F)(F)F. The maximum atomic E-state index is 12.7. The number of rotatable bonds is 3. The summed E-state index contributed by atoms with van der Waals surface area (Å²) in [4.78, 5) is 6.68. The van der Waals surface area contributed by atoms with Crippen molar-refractivity contribution < 1.29 is 31.1 Å². The lowest BCUT2D eigenvalue weighted by Crippen LogP contribution is -2.26. The number of hydrogen-bond donors (Lipinski definition) is 3. The molecule has 0 saturated carbocycles. The fourth-order valence-electron chi connectivity index (χ4n) is 1.34. The van der Waals surface area contributed by atoms with Gasteiger partial charge in [0.1, 0.15) is 11.4 Å². The molecule has 12 heteroatoms. The Bertz CT molecular complexity index is 618. The zero-order chi connectivity index (χ0) is 17.8. The first-order chi connectivity index (χ1) is 10.4. The van der Waals surface area contributed by atoms with E-state index in [2.05, 4.69) is 14.7 Å². The van der Waals surface area contributed by atoms with Crippen LogP contribution >= 0.6 is 0 Å². The van der Waals surface area contributed by atoms with Gasteiger partial charge in [0.15, 0.2) is 12.6 Å². The summed E-state index contributed by atoms with van der Waals surface area (Å²) < 4.78 is 78.8. The smallest absolute Gasteiger partial charge is 0.422 e. The normalized spacial score (nSPS) is 12.9. The molecule has 1 aromatic rings. The van der Waals surface area contributed by atoms with E-state index in [1.54, 1.807) is 0 Å². The van der Waals surface area contributed by atoms with Crippen molar-refractivity contribution in [3.05, 3.63) is 23.8 Å². The lowest BCUT2D eigenvalue weighted by Gasteiger charge is -2.13. The molecule has 6 nitrogen and oxygen atoms in total. The van der Waals surface area contributed by atoms with Gasteiger partial charge in [0.25, 0.3) is 0 Å². The van der Waals surface area contributed by atoms with E-state index in [4.69, 9.17) is 17.2 Å². The number of nitrogens with two attached hydrogens (primary N) is 3. The van der Waals surface area contributed by atoms with Gasteiger partial charge < -0.3 is 21.9 Å². The number of halogens is 6. The van der Waals surface area contributed by atoms with Gasteiger partial charge in [-0.25, -0.2) is 4.99 Å². The van der Waals surface area contributed by atoms with Crippen LogP contribution in [0.4, 0.5) is 32.0 Å². The van der Waals surface area contributed by atoms with Gasteiger partial charge in [-0.3, -0.25) is 0 Å². The summed E-state index contributed by atoms with van der Waals surface area (Å²) in [5, 5.41) is 0. The Hall–Kier alpha value is -2.66. The van der Waals surface area contributed by atoms with E-state index in [1.165, 1.54) is 0 Å². The summed E-state index contributed by atoms with van der Waals surface area (Å²) in [6.45, 7) is -1.72. The Labute approximate surface area is 125 Å². The van der Waals surface area contributed by atoms with Gasteiger partial charge >= 0.3 is 12.4 Å². The second kappa shape index (κ2) is 6.62. The number of nitrogens with zero attached hydrogens (tertiary/aromatic N) is 2. The van der Waals surface area contributed by atoms with Crippen LogP contribution in [0.2, 0.25) is 0 Å². The summed E-state index contributed by atoms with van der Waals surface area (Å²) in [7, 11) is 0. The van der Waals surface area contributed by atoms with Crippen molar-refractivity contribution in [2.24, 2.45) is 27.2 Å². The summed E-state index contributed by atoms with van der Waals surface area (Å²) in [5.41, 5.74) is 13.5. The van der Waals surface area contributed by atoms with Gasteiger partial charge in [-0.05, 0) is 18.2 Å². The molecule has 0 saturated heterocycles. The van der Waals surface area contributed by atoms with Crippen molar-refractivity contribution in [3.63, 3.8) is 0 Å². The summed E-state index contributed by atoms with van der Waals surface area (Å²) in [6, 6.07) is 1.69. The third-order valence-corrected chi connectivity index (χ3v) is 2.16. The molecular weight excluding hydrogens is 332 g/mol. The van der Waals surface area contributed by atoms with Gasteiger partial charge in [-0.1, -0.05) is 0 Å². The largest absolute Gasteiger partial charge is 0.482 e. The summed E-state index contributed by atoms with van der Waals surface area (Å²) in [6.07, 6.45) is -9.42. The van der Waals surface area contributed by atoms with Crippen LogP contribution in [0.15, 0.2) is 28.2 Å². The van der Waals surface area contributed by atoms with E-state index in [0.29, 0.717) is 18.2 Å². The lowest BCUT2D eigenvalue weighted by atomic mass is 10.2. The first-order valence-corrected chi connectivity index (χ1v) is 5.73. The van der Waals surface area contributed by atoms with Crippen molar-refractivity contribution in [2.75, 3.05) is 6.61 Å². The first kappa shape index (κ1) is 18.4. The minimum atomic E-state index is -4.74. The van der Waals surface area contributed by atoms with Gasteiger partial charge in [-0.15, -0.1) is 0 Å². The van der Waals surface area contributed by atoms with Gasteiger partial charge in [-0.2, -0.15) is 31.3 Å². The average molecular weight is 343 g/mol. The molecular formula is C11H11F6N5O. The van der Waals surface area contributed by atoms with Gasteiger partial charge in [0.2, 0.25) is 5.96 Å². The van der Waals surface area contributed by atoms with Crippen LogP contribution < -0.4 is 21.9 Å². The van der Waals surface area contributed by atoms with E-state index in [9.17, 15) is 26.3 Å². The molecule has 0 unspecified atom stereocenters. The van der Waals surface area contributed by atoms with Gasteiger partial charge in [0.05, 0.1) is 5.56 Å². The van der Waals surface area contributed by atoms with E-state index >= 15 is 0 Å².